The number of halogens is 1. The van der Waals surface area contributed by atoms with Gasteiger partial charge in [0.05, 0.1) is 0 Å². The summed E-state index contributed by atoms with van der Waals surface area (Å²) < 4.78 is 13.5. The molecule has 0 saturated carbocycles. The minimum absolute atomic E-state index is 0.0895. The van der Waals surface area contributed by atoms with Gasteiger partial charge in [0.2, 0.25) is 0 Å². The van der Waals surface area contributed by atoms with Crippen molar-refractivity contribution in [1.29, 1.82) is 5.41 Å². The van der Waals surface area contributed by atoms with E-state index in [1.807, 2.05) is 0 Å². The lowest BCUT2D eigenvalue weighted by molar-refractivity contribution is 0.264. The Morgan fingerprint density at radius 2 is 2.21 bits per heavy atom. The maximum Gasteiger partial charge on any atom is 0.124 e. The van der Waals surface area contributed by atoms with Crippen molar-refractivity contribution >= 4 is 5.84 Å². The summed E-state index contributed by atoms with van der Waals surface area (Å²) in [6.45, 7) is 2.73. The summed E-state index contributed by atoms with van der Waals surface area (Å²) in [6.07, 6.45) is 1.14. The van der Waals surface area contributed by atoms with E-state index in [0.717, 1.165) is 25.1 Å². The highest BCUT2D eigenvalue weighted by Gasteiger charge is 2.23. The molecule has 104 valence electrons. The normalized spacial score (nSPS) is 20.1. The molecule has 4 nitrogen and oxygen atoms in total. The van der Waals surface area contributed by atoms with Gasteiger partial charge >= 0.3 is 0 Å². The summed E-state index contributed by atoms with van der Waals surface area (Å²) >= 11 is 0. The smallest absolute Gasteiger partial charge is 0.124 e. The standard InChI is InChI=1S/C14H21FN4/c1-18(2)13-3-4-19(9-13)8-10-5-11(14(16)17)7-12(15)6-10/h5-7,13H,3-4,8-9H2,1-2H3,(H3,16,17). The van der Waals surface area contributed by atoms with Gasteiger partial charge in [-0.1, -0.05) is 0 Å². The van der Waals surface area contributed by atoms with Crippen LogP contribution in [0.15, 0.2) is 18.2 Å². The molecule has 1 aliphatic rings. The molecule has 0 bridgehead atoms. The van der Waals surface area contributed by atoms with Crippen LogP contribution in [0.5, 0.6) is 0 Å². The van der Waals surface area contributed by atoms with Gasteiger partial charge in [-0.3, -0.25) is 10.3 Å². The fourth-order valence-electron chi connectivity index (χ4n) is 2.53. The second-order valence-electron chi connectivity index (χ2n) is 5.40. The number of rotatable bonds is 4. The van der Waals surface area contributed by atoms with E-state index in [-0.39, 0.29) is 11.7 Å². The average Bonchev–Trinajstić information content (AvgIpc) is 2.76. The van der Waals surface area contributed by atoms with E-state index in [1.165, 1.54) is 12.1 Å². The largest absolute Gasteiger partial charge is 0.384 e. The maximum atomic E-state index is 13.5. The highest BCUT2D eigenvalue weighted by atomic mass is 19.1. The Labute approximate surface area is 113 Å². The predicted octanol–water partition coefficient (Wildman–Crippen LogP) is 1.25. The molecule has 1 saturated heterocycles. The molecule has 2 rings (SSSR count). The lowest BCUT2D eigenvalue weighted by Gasteiger charge is -2.20. The Balaban J connectivity index is 2.06. The van der Waals surface area contributed by atoms with Gasteiger partial charge in [0, 0.05) is 31.2 Å². The van der Waals surface area contributed by atoms with Gasteiger partial charge < -0.3 is 10.6 Å². The number of nitrogens with two attached hydrogens (primary N) is 1. The lowest BCUT2D eigenvalue weighted by atomic mass is 10.1. The van der Waals surface area contributed by atoms with Crippen molar-refractivity contribution in [2.45, 2.75) is 19.0 Å². The molecule has 0 aliphatic carbocycles. The van der Waals surface area contributed by atoms with Crippen molar-refractivity contribution in [3.8, 4) is 0 Å². The van der Waals surface area contributed by atoms with E-state index in [0.29, 0.717) is 18.2 Å². The summed E-state index contributed by atoms with van der Waals surface area (Å²) in [7, 11) is 4.18. The van der Waals surface area contributed by atoms with Gasteiger partial charge in [-0.25, -0.2) is 4.39 Å². The second-order valence-corrected chi connectivity index (χ2v) is 5.40. The minimum atomic E-state index is -0.328. The van der Waals surface area contributed by atoms with E-state index in [4.69, 9.17) is 11.1 Å². The monoisotopic (exact) mass is 264 g/mol. The number of amidine groups is 1. The SMILES string of the molecule is CN(C)C1CCN(Cc2cc(F)cc(C(=N)N)c2)C1. The molecule has 0 spiro atoms. The molecule has 0 amide bonds. The lowest BCUT2D eigenvalue weighted by Crippen LogP contribution is -2.31. The molecule has 0 radical (unpaired) electrons. The number of nitrogens with zero attached hydrogens (tertiary/aromatic N) is 2. The quantitative estimate of drug-likeness (QED) is 0.635. The van der Waals surface area contributed by atoms with Crippen LogP contribution in [0.4, 0.5) is 4.39 Å². The number of nitrogens with one attached hydrogen (secondary N) is 1. The van der Waals surface area contributed by atoms with Gasteiger partial charge in [-0.05, 0) is 44.3 Å². The molecule has 1 atom stereocenters. The van der Waals surface area contributed by atoms with Crippen molar-refractivity contribution in [3.05, 3.63) is 35.1 Å². The van der Waals surface area contributed by atoms with Crippen LogP contribution in [0.3, 0.4) is 0 Å². The van der Waals surface area contributed by atoms with Crippen molar-refractivity contribution in [3.63, 3.8) is 0 Å². The number of likely N-dealkylation sites (N-methyl/N-ethyl adjacent to an activating group) is 1. The van der Waals surface area contributed by atoms with E-state index < -0.39 is 0 Å². The van der Waals surface area contributed by atoms with Crippen LogP contribution in [0, 0.1) is 11.2 Å². The molecule has 1 aliphatic heterocycles. The predicted molar refractivity (Wildman–Crippen MR) is 74.8 cm³/mol. The summed E-state index contributed by atoms with van der Waals surface area (Å²) in [5, 5.41) is 7.39. The van der Waals surface area contributed by atoms with Crippen LogP contribution in [0.25, 0.3) is 0 Å². The van der Waals surface area contributed by atoms with Crippen LogP contribution in [-0.2, 0) is 6.54 Å². The highest BCUT2D eigenvalue weighted by Crippen LogP contribution is 2.17. The van der Waals surface area contributed by atoms with E-state index in [2.05, 4.69) is 23.9 Å². The first-order valence-corrected chi connectivity index (χ1v) is 6.48. The number of likely N-dealkylation sites (tertiary alicyclic amines) is 1. The van der Waals surface area contributed by atoms with E-state index in [9.17, 15) is 4.39 Å². The van der Waals surface area contributed by atoms with Crippen molar-refractivity contribution in [2.75, 3.05) is 27.2 Å². The fourth-order valence-corrected chi connectivity index (χ4v) is 2.53. The summed E-state index contributed by atoms with van der Waals surface area (Å²) in [5.41, 5.74) is 6.75. The third-order valence-electron chi connectivity index (χ3n) is 3.65. The zero-order chi connectivity index (χ0) is 14.0. The van der Waals surface area contributed by atoms with Crippen LogP contribution in [-0.4, -0.2) is 48.9 Å². The minimum Gasteiger partial charge on any atom is -0.384 e. The molecular weight excluding hydrogens is 243 g/mol. The van der Waals surface area contributed by atoms with Crippen molar-refractivity contribution in [1.82, 2.24) is 9.80 Å². The van der Waals surface area contributed by atoms with Crippen LogP contribution >= 0.6 is 0 Å². The molecule has 1 aromatic carbocycles. The number of hydrogen-bond donors (Lipinski definition) is 2. The topological polar surface area (TPSA) is 56.4 Å². The Bertz CT molecular complexity index is 473. The van der Waals surface area contributed by atoms with Gasteiger partial charge in [-0.15, -0.1) is 0 Å². The van der Waals surface area contributed by atoms with Gasteiger partial charge in [0.25, 0.3) is 0 Å². The average molecular weight is 264 g/mol. The number of nitrogen functional groups attached to an aromatic ring is 1. The fraction of sp³-hybridized carbons (Fsp3) is 0.500. The Kier molecular flexibility index (Phi) is 4.17. The van der Waals surface area contributed by atoms with E-state index >= 15 is 0 Å². The third kappa shape index (κ3) is 3.52. The maximum absolute atomic E-state index is 13.5. The molecule has 1 unspecified atom stereocenters. The first-order valence-electron chi connectivity index (χ1n) is 6.48. The van der Waals surface area contributed by atoms with Crippen molar-refractivity contribution < 1.29 is 4.39 Å². The van der Waals surface area contributed by atoms with Gasteiger partial charge in [0.1, 0.15) is 11.7 Å². The molecular formula is C14H21FN4. The molecule has 5 heteroatoms. The zero-order valence-electron chi connectivity index (χ0n) is 11.5. The van der Waals surface area contributed by atoms with Crippen LogP contribution in [0.2, 0.25) is 0 Å². The molecule has 1 fully saturated rings. The van der Waals surface area contributed by atoms with E-state index in [1.54, 1.807) is 6.07 Å². The molecule has 1 heterocycles. The Morgan fingerprint density at radius 3 is 2.79 bits per heavy atom. The van der Waals surface area contributed by atoms with Gasteiger partial charge in [-0.2, -0.15) is 0 Å². The highest BCUT2D eigenvalue weighted by molar-refractivity contribution is 5.95. The van der Waals surface area contributed by atoms with Crippen LogP contribution in [0.1, 0.15) is 17.5 Å². The molecule has 3 N–H and O–H groups in total. The van der Waals surface area contributed by atoms with Crippen molar-refractivity contribution in [2.24, 2.45) is 5.73 Å². The van der Waals surface area contributed by atoms with Crippen LogP contribution < -0.4 is 5.73 Å². The zero-order valence-corrected chi connectivity index (χ0v) is 11.5. The second kappa shape index (κ2) is 5.67. The third-order valence-corrected chi connectivity index (χ3v) is 3.65. The summed E-state index contributed by atoms with van der Waals surface area (Å²) in [4.78, 5) is 4.54. The Hall–Kier alpha value is -1.46. The summed E-state index contributed by atoms with van der Waals surface area (Å²) in [5.74, 6) is -0.417. The summed E-state index contributed by atoms with van der Waals surface area (Å²) in [6, 6.07) is 5.20. The molecule has 0 aromatic heterocycles. The molecule has 1 aromatic rings. The molecule has 19 heavy (non-hydrogen) atoms. The Morgan fingerprint density at radius 1 is 1.47 bits per heavy atom. The number of hydrogen-bond acceptors (Lipinski definition) is 3. The first kappa shape index (κ1) is 14.0. The number of benzene rings is 1. The van der Waals surface area contributed by atoms with Gasteiger partial charge in [0.15, 0.2) is 0 Å². The first-order chi connectivity index (χ1) is 8.95.